The number of nitrogens with one attached hydrogen (secondary N) is 1. The van der Waals surface area contributed by atoms with Crippen molar-refractivity contribution in [1.29, 1.82) is 0 Å². The Morgan fingerprint density at radius 1 is 1.43 bits per heavy atom. The Kier molecular flexibility index (Phi) is 3.08. The Labute approximate surface area is 120 Å². The van der Waals surface area contributed by atoms with Crippen LogP contribution >= 0.6 is 0 Å². The summed E-state index contributed by atoms with van der Waals surface area (Å²) in [5, 5.41) is 16.0. The van der Waals surface area contributed by atoms with Crippen molar-refractivity contribution in [3.8, 4) is 0 Å². The first-order valence-electron chi connectivity index (χ1n) is 6.81. The Balaban J connectivity index is 1.96. The summed E-state index contributed by atoms with van der Waals surface area (Å²) in [5.74, 6) is -1.01. The second-order valence-corrected chi connectivity index (χ2v) is 5.14. The second-order valence-electron chi connectivity index (χ2n) is 5.14. The van der Waals surface area contributed by atoms with E-state index in [9.17, 15) is 14.7 Å². The molecule has 3 rings (SSSR count). The zero-order valence-electron chi connectivity index (χ0n) is 11.5. The molecule has 1 amide bonds. The normalized spacial score (nSPS) is 16.4. The van der Waals surface area contributed by atoms with Gasteiger partial charge in [0.25, 0.3) is 11.7 Å². The quantitative estimate of drug-likeness (QED) is 0.844. The maximum absolute atomic E-state index is 12.4. The molecule has 2 aromatic heterocycles. The van der Waals surface area contributed by atoms with E-state index in [4.69, 9.17) is 0 Å². The molecule has 2 N–H and O–H groups in total. The SMILES string of the molecule is CCc1c(C(=O)NC2(C(=O)O)CCC2)cnc2ncnn12. The van der Waals surface area contributed by atoms with Crippen molar-refractivity contribution in [3.05, 3.63) is 23.8 Å². The number of aromatic nitrogens is 4. The maximum Gasteiger partial charge on any atom is 0.329 e. The maximum atomic E-state index is 12.4. The van der Waals surface area contributed by atoms with Crippen molar-refractivity contribution in [1.82, 2.24) is 24.9 Å². The van der Waals surface area contributed by atoms with E-state index in [1.54, 1.807) is 0 Å². The van der Waals surface area contributed by atoms with Crippen LogP contribution in [-0.4, -0.2) is 42.1 Å². The third kappa shape index (κ3) is 2.03. The minimum atomic E-state index is -1.14. The smallest absolute Gasteiger partial charge is 0.329 e. The summed E-state index contributed by atoms with van der Waals surface area (Å²) in [6.07, 6.45) is 5.06. The number of carboxylic acid groups (broad SMARTS) is 1. The van der Waals surface area contributed by atoms with Crippen molar-refractivity contribution in [2.45, 2.75) is 38.1 Å². The van der Waals surface area contributed by atoms with E-state index in [0.717, 1.165) is 6.42 Å². The lowest BCUT2D eigenvalue weighted by molar-refractivity contribution is -0.148. The first-order valence-corrected chi connectivity index (χ1v) is 6.81. The molecule has 1 fully saturated rings. The molecule has 0 aromatic carbocycles. The van der Waals surface area contributed by atoms with E-state index in [2.05, 4.69) is 20.4 Å². The van der Waals surface area contributed by atoms with Gasteiger partial charge in [0.15, 0.2) is 0 Å². The summed E-state index contributed by atoms with van der Waals surface area (Å²) < 4.78 is 1.50. The standard InChI is InChI=1S/C13H15N5O3/c1-2-9-8(6-14-12-15-7-16-18(9)12)10(19)17-13(11(20)21)4-3-5-13/h6-7H,2-5H2,1H3,(H,17,19)(H,20,21). The number of fused-ring (bicyclic) bond motifs is 1. The van der Waals surface area contributed by atoms with Gasteiger partial charge >= 0.3 is 5.97 Å². The lowest BCUT2D eigenvalue weighted by Crippen LogP contribution is -2.59. The molecule has 0 atom stereocenters. The van der Waals surface area contributed by atoms with Crippen LogP contribution in [0.5, 0.6) is 0 Å². The van der Waals surface area contributed by atoms with Crippen molar-refractivity contribution >= 4 is 17.7 Å². The van der Waals surface area contributed by atoms with E-state index < -0.39 is 17.4 Å². The molecule has 1 saturated carbocycles. The van der Waals surface area contributed by atoms with Crippen molar-refractivity contribution in [2.75, 3.05) is 0 Å². The topological polar surface area (TPSA) is 109 Å². The number of carbonyl (C=O) groups is 2. The molecule has 0 radical (unpaired) electrons. The number of aryl methyl sites for hydroxylation is 1. The summed E-state index contributed by atoms with van der Waals surface area (Å²) in [5.41, 5.74) is -0.141. The number of amides is 1. The van der Waals surface area contributed by atoms with Gasteiger partial charge in [-0.2, -0.15) is 10.1 Å². The average Bonchev–Trinajstić information content (AvgIpc) is 2.89. The van der Waals surface area contributed by atoms with Gasteiger partial charge in [-0.3, -0.25) is 4.79 Å². The number of aliphatic carboxylic acids is 1. The van der Waals surface area contributed by atoms with Gasteiger partial charge in [0.1, 0.15) is 11.9 Å². The van der Waals surface area contributed by atoms with Crippen molar-refractivity contribution < 1.29 is 14.7 Å². The van der Waals surface area contributed by atoms with Gasteiger partial charge in [-0.25, -0.2) is 14.3 Å². The molecular weight excluding hydrogens is 274 g/mol. The minimum Gasteiger partial charge on any atom is -0.480 e. The summed E-state index contributed by atoms with van der Waals surface area (Å²) in [6, 6.07) is 0. The lowest BCUT2D eigenvalue weighted by Gasteiger charge is -2.38. The van der Waals surface area contributed by atoms with Crippen LogP contribution in [0.15, 0.2) is 12.5 Å². The summed E-state index contributed by atoms with van der Waals surface area (Å²) >= 11 is 0. The van der Waals surface area contributed by atoms with Gasteiger partial charge in [0.2, 0.25) is 0 Å². The van der Waals surface area contributed by atoms with Crippen LogP contribution in [0.4, 0.5) is 0 Å². The molecule has 0 unspecified atom stereocenters. The van der Waals surface area contributed by atoms with E-state index >= 15 is 0 Å². The Hall–Kier alpha value is -2.51. The van der Waals surface area contributed by atoms with E-state index in [-0.39, 0.29) is 0 Å². The number of rotatable bonds is 4. The fraction of sp³-hybridized carbons (Fsp3) is 0.462. The van der Waals surface area contributed by atoms with Crippen LogP contribution < -0.4 is 5.32 Å². The molecule has 0 spiro atoms. The average molecular weight is 289 g/mol. The van der Waals surface area contributed by atoms with Crippen LogP contribution in [0.3, 0.4) is 0 Å². The van der Waals surface area contributed by atoms with E-state index in [1.165, 1.54) is 17.0 Å². The molecule has 8 nitrogen and oxygen atoms in total. The second kappa shape index (κ2) is 4.80. The fourth-order valence-corrected chi connectivity index (χ4v) is 2.56. The third-order valence-electron chi connectivity index (χ3n) is 3.95. The molecule has 0 aliphatic heterocycles. The molecule has 110 valence electrons. The molecule has 1 aliphatic carbocycles. The van der Waals surface area contributed by atoms with E-state index in [0.29, 0.717) is 36.3 Å². The third-order valence-corrected chi connectivity index (χ3v) is 3.95. The molecule has 8 heteroatoms. The van der Waals surface area contributed by atoms with Crippen LogP contribution in [0.1, 0.15) is 42.2 Å². The predicted octanol–water partition coefficient (Wildman–Crippen LogP) is 0.424. The summed E-state index contributed by atoms with van der Waals surface area (Å²) in [6.45, 7) is 1.89. The Morgan fingerprint density at radius 2 is 2.19 bits per heavy atom. The highest BCUT2D eigenvalue weighted by molar-refractivity contribution is 5.99. The van der Waals surface area contributed by atoms with Crippen LogP contribution in [0, 0.1) is 0 Å². The largest absolute Gasteiger partial charge is 0.480 e. The summed E-state index contributed by atoms with van der Waals surface area (Å²) in [4.78, 5) is 31.8. The van der Waals surface area contributed by atoms with Crippen molar-refractivity contribution in [3.63, 3.8) is 0 Å². The van der Waals surface area contributed by atoms with Gasteiger partial charge < -0.3 is 10.4 Å². The van der Waals surface area contributed by atoms with Crippen LogP contribution in [-0.2, 0) is 11.2 Å². The number of carboxylic acids is 1. The van der Waals surface area contributed by atoms with Gasteiger partial charge in [-0.1, -0.05) is 6.92 Å². The monoisotopic (exact) mass is 289 g/mol. The van der Waals surface area contributed by atoms with Gasteiger partial charge in [0, 0.05) is 6.20 Å². The lowest BCUT2D eigenvalue weighted by atomic mass is 9.76. The minimum absolute atomic E-state index is 0.336. The van der Waals surface area contributed by atoms with Gasteiger partial charge in [-0.15, -0.1) is 0 Å². The van der Waals surface area contributed by atoms with Crippen LogP contribution in [0.25, 0.3) is 5.78 Å². The number of carbonyl (C=O) groups excluding carboxylic acids is 1. The molecule has 0 bridgehead atoms. The first-order chi connectivity index (χ1) is 10.1. The molecular formula is C13H15N5O3. The number of hydrogen-bond donors (Lipinski definition) is 2. The Bertz CT molecular complexity index is 720. The molecule has 2 heterocycles. The summed E-state index contributed by atoms with van der Waals surface area (Å²) in [7, 11) is 0. The predicted molar refractivity (Wildman–Crippen MR) is 71.8 cm³/mol. The molecule has 0 saturated heterocycles. The zero-order chi connectivity index (χ0) is 15.0. The number of nitrogens with zero attached hydrogens (tertiary/aromatic N) is 4. The number of hydrogen-bond acceptors (Lipinski definition) is 5. The van der Waals surface area contributed by atoms with Crippen molar-refractivity contribution in [2.24, 2.45) is 0 Å². The molecule has 21 heavy (non-hydrogen) atoms. The first kappa shape index (κ1) is 13.5. The fourth-order valence-electron chi connectivity index (χ4n) is 2.56. The molecule has 2 aromatic rings. The highest BCUT2D eigenvalue weighted by atomic mass is 16.4. The van der Waals surface area contributed by atoms with Crippen LogP contribution in [0.2, 0.25) is 0 Å². The molecule has 1 aliphatic rings. The van der Waals surface area contributed by atoms with Gasteiger partial charge in [0.05, 0.1) is 11.3 Å². The highest BCUT2D eigenvalue weighted by Gasteiger charge is 2.46. The zero-order valence-corrected chi connectivity index (χ0v) is 11.5. The van der Waals surface area contributed by atoms with Gasteiger partial charge in [-0.05, 0) is 25.7 Å². The highest BCUT2D eigenvalue weighted by Crippen LogP contribution is 2.32. The Morgan fingerprint density at radius 3 is 2.76 bits per heavy atom. The van der Waals surface area contributed by atoms with E-state index in [1.807, 2.05) is 6.92 Å².